The van der Waals surface area contributed by atoms with E-state index in [1.54, 1.807) is 17.0 Å². The van der Waals surface area contributed by atoms with Gasteiger partial charge in [0.1, 0.15) is 0 Å². The van der Waals surface area contributed by atoms with E-state index in [0.717, 1.165) is 11.3 Å². The Morgan fingerprint density at radius 3 is 2.67 bits per heavy atom. The summed E-state index contributed by atoms with van der Waals surface area (Å²) >= 11 is 0. The summed E-state index contributed by atoms with van der Waals surface area (Å²) in [5, 5.41) is 2.52. The zero-order valence-electron chi connectivity index (χ0n) is 10.8. The van der Waals surface area contributed by atoms with E-state index in [1.165, 1.54) is 0 Å². The van der Waals surface area contributed by atoms with Gasteiger partial charge in [-0.3, -0.25) is 4.79 Å². The van der Waals surface area contributed by atoms with E-state index >= 15 is 0 Å². The molecule has 0 bridgehead atoms. The second-order valence-corrected chi connectivity index (χ2v) is 4.90. The molecule has 1 aliphatic heterocycles. The molecule has 0 spiro atoms. The van der Waals surface area contributed by atoms with E-state index in [0.29, 0.717) is 12.2 Å². The molecule has 5 nitrogen and oxygen atoms in total. The lowest BCUT2D eigenvalue weighted by molar-refractivity contribution is -0.122. The molecule has 0 fully saturated rings. The molecule has 96 valence electrons. The molecule has 0 aromatic heterocycles. The summed E-state index contributed by atoms with van der Waals surface area (Å²) in [7, 11) is 0. The van der Waals surface area contributed by atoms with E-state index in [2.05, 4.69) is 5.32 Å². The summed E-state index contributed by atoms with van der Waals surface area (Å²) in [6, 6.07) is 4.81. The summed E-state index contributed by atoms with van der Waals surface area (Å²) < 4.78 is 0. The molecule has 18 heavy (non-hydrogen) atoms. The van der Waals surface area contributed by atoms with Crippen molar-refractivity contribution in [1.82, 2.24) is 0 Å². The minimum atomic E-state index is -0.610. The van der Waals surface area contributed by atoms with Gasteiger partial charge in [0, 0.05) is 17.9 Å². The number of nitrogens with zero attached hydrogens (tertiary/aromatic N) is 1. The summed E-state index contributed by atoms with van der Waals surface area (Å²) in [6.45, 7) is 6.35. The maximum Gasteiger partial charge on any atom is 0.316 e. The number of likely N-dealkylation sites (N-methyl/N-ethyl adjacent to an activating group) is 1. The van der Waals surface area contributed by atoms with Crippen molar-refractivity contribution in [3.05, 3.63) is 23.8 Å². The molecular weight excluding hydrogens is 230 g/mol. The number of fused-ring (bicyclic) bond motifs is 1. The highest BCUT2D eigenvalue weighted by Crippen LogP contribution is 2.42. The van der Waals surface area contributed by atoms with Gasteiger partial charge >= 0.3 is 6.03 Å². The first-order valence-electron chi connectivity index (χ1n) is 5.91. The summed E-state index contributed by atoms with van der Waals surface area (Å²) in [5.74, 6) is 0.0798. The number of carbonyl (C=O) groups excluding carboxylic acids is 2. The van der Waals surface area contributed by atoms with Crippen molar-refractivity contribution >= 4 is 23.3 Å². The Morgan fingerprint density at radius 1 is 1.44 bits per heavy atom. The van der Waals surface area contributed by atoms with Gasteiger partial charge in [0.2, 0.25) is 5.91 Å². The highest BCUT2D eigenvalue weighted by atomic mass is 16.2. The van der Waals surface area contributed by atoms with Gasteiger partial charge in [0.25, 0.3) is 0 Å². The molecule has 1 aromatic rings. The maximum atomic E-state index is 12.3. The summed E-state index contributed by atoms with van der Waals surface area (Å²) in [5.41, 5.74) is 6.99. The maximum absolute atomic E-state index is 12.3. The lowest BCUT2D eigenvalue weighted by atomic mass is 9.86. The molecule has 0 unspecified atom stereocenters. The Hall–Kier alpha value is -2.04. The Bertz CT molecular complexity index is 523. The number of hydrogen-bond donors (Lipinski definition) is 2. The molecule has 3 amide bonds. The molecule has 0 saturated carbocycles. The molecule has 1 aromatic carbocycles. The first-order valence-corrected chi connectivity index (χ1v) is 5.91. The van der Waals surface area contributed by atoms with Crippen LogP contribution in [-0.2, 0) is 10.2 Å². The van der Waals surface area contributed by atoms with Crippen LogP contribution in [0.15, 0.2) is 18.2 Å². The van der Waals surface area contributed by atoms with E-state index < -0.39 is 11.4 Å². The third-order valence-electron chi connectivity index (χ3n) is 3.33. The van der Waals surface area contributed by atoms with Gasteiger partial charge < -0.3 is 16.0 Å². The SMILES string of the molecule is CCN1C(=O)C(C)(C)c2ccc(NC(N)=O)cc21. The van der Waals surface area contributed by atoms with Crippen LogP contribution in [0.4, 0.5) is 16.2 Å². The van der Waals surface area contributed by atoms with Crippen molar-refractivity contribution in [3.8, 4) is 0 Å². The molecule has 3 N–H and O–H groups in total. The topological polar surface area (TPSA) is 75.4 Å². The van der Waals surface area contributed by atoms with Crippen molar-refractivity contribution in [2.24, 2.45) is 5.73 Å². The predicted molar refractivity (Wildman–Crippen MR) is 70.7 cm³/mol. The summed E-state index contributed by atoms with van der Waals surface area (Å²) in [6.07, 6.45) is 0. The fourth-order valence-corrected chi connectivity index (χ4v) is 2.38. The highest BCUT2D eigenvalue weighted by molar-refractivity contribution is 6.08. The number of carbonyl (C=O) groups is 2. The van der Waals surface area contributed by atoms with Crippen LogP contribution < -0.4 is 16.0 Å². The van der Waals surface area contributed by atoms with E-state index in [4.69, 9.17) is 5.73 Å². The monoisotopic (exact) mass is 247 g/mol. The summed E-state index contributed by atoms with van der Waals surface area (Å²) in [4.78, 5) is 24.8. The van der Waals surface area contributed by atoms with Gasteiger partial charge in [0.05, 0.1) is 5.41 Å². The molecule has 0 saturated heterocycles. The zero-order chi connectivity index (χ0) is 13.5. The standard InChI is InChI=1S/C13H17N3O2/c1-4-16-10-7-8(15-12(14)18)5-6-9(10)13(2,3)11(16)17/h5-7H,4H2,1-3H3,(H3,14,15,18). The fourth-order valence-electron chi connectivity index (χ4n) is 2.38. The second-order valence-electron chi connectivity index (χ2n) is 4.90. The van der Waals surface area contributed by atoms with Crippen LogP contribution in [0.3, 0.4) is 0 Å². The quantitative estimate of drug-likeness (QED) is 0.836. The van der Waals surface area contributed by atoms with Gasteiger partial charge in [-0.1, -0.05) is 6.07 Å². The Kier molecular flexibility index (Phi) is 2.77. The number of primary amides is 1. The molecule has 0 aliphatic carbocycles. The van der Waals surface area contributed by atoms with Gasteiger partial charge in [0.15, 0.2) is 0 Å². The average molecular weight is 247 g/mol. The van der Waals surface area contributed by atoms with E-state index in [-0.39, 0.29) is 5.91 Å². The molecule has 1 aliphatic rings. The third-order valence-corrected chi connectivity index (χ3v) is 3.33. The largest absolute Gasteiger partial charge is 0.351 e. The number of rotatable bonds is 2. The zero-order valence-corrected chi connectivity index (χ0v) is 10.8. The van der Waals surface area contributed by atoms with Crippen molar-refractivity contribution in [1.29, 1.82) is 0 Å². The Labute approximate surface area is 106 Å². The first-order chi connectivity index (χ1) is 8.37. The second kappa shape index (κ2) is 4.01. The van der Waals surface area contributed by atoms with E-state index in [9.17, 15) is 9.59 Å². The number of nitrogens with two attached hydrogens (primary N) is 1. The predicted octanol–water partition coefficient (Wildman–Crippen LogP) is 1.82. The van der Waals surface area contributed by atoms with Crippen LogP contribution in [0, 0.1) is 0 Å². The minimum absolute atomic E-state index is 0.0798. The average Bonchev–Trinajstić information content (AvgIpc) is 2.46. The van der Waals surface area contributed by atoms with Crippen molar-refractivity contribution < 1.29 is 9.59 Å². The molecule has 2 rings (SSSR count). The lowest BCUT2D eigenvalue weighted by Crippen LogP contribution is -2.35. The van der Waals surface area contributed by atoms with Crippen LogP contribution in [0.2, 0.25) is 0 Å². The first kappa shape index (κ1) is 12.4. The Balaban J connectivity index is 2.50. The van der Waals surface area contributed by atoms with Gasteiger partial charge in [-0.2, -0.15) is 0 Å². The fraction of sp³-hybridized carbons (Fsp3) is 0.385. The molecule has 1 heterocycles. The molecule has 0 atom stereocenters. The Morgan fingerprint density at radius 2 is 2.11 bits per heavy atom. The van der Waals surface area contributed by atoms with Crippen LogP contribution in [0.1, 0.15) is 26.3 Å². The van der Waals surface area contributed by atoms with Crippen molar-refractivity contribution in [2.75, 3.05) is 16.8 Å². The molecule has 0 radical (unpaired) electrons. The molecule has 5 heteroatoms. The van der Waals surface area contributed by atoms with Crippen molar-refractivity contribution in [3.63, 3.8) is 0 Å². The van der Waals surface area contributed by atoms with Crippen LogP contribution >= 0.6 is 0 Å². The number of urea groups is 1. The minimum Gasteiger partial charge on any atom is -0.351 e. The number of hydrogen-bond acceptors (Lipinski definition) is 2. The van der Waals surface area contributed by atoms with E-state index in [1.807, 2.05) is 26.8 Å². The highest BCUT2D eigenvalue weighted by Gasteiger charge is 2.43. The van der Waals surface area contributed by atoms with Gasteiger partial charge in [-0.05, 0) is 38.5 Å². The van der Waals surface area contributed by atoms with Crippen LogP contribution in [0.5, 0.6) is 0 Å². The van der Waals surface area contributed by atoms with Crippen molar-refractivity contribution in [2.45, 2.75) is 26.2 Å². The smallest absolute Gasteiger partial charge is 0.316 e. The molecular formula is C13H17N3O2. The third kappa shape index (κ3) is 1.72. The van der Waals surface area contributed by atoms with Gasteiger partial charge in [-0.25, -0.2) is 4.79 Å². The van der Waals surface area contributed by atoms with Crippen LogP contribution in [-0.4, -0.2) is 18.5 Å². The lowest BCUT2D eigenvalue weighted by Gasteiger charge is -2.18. The number of nitrogens with one attached hydrogen (secondary N) is 1. The van der Waals surface area contributed by atoms with Crippen LogP contribution in [0.25, 0.3) is 0 Å². The normalized spacial score (nSPS) is 16.6. The number of amides is 3. The van der Waals surface area contributed by atoms with Gasteiger partial charge in [-0.15, -0.1) is 0 Å². The number of benzene rings is 1. The number of anilines is 2.